The SMILES string of the molecule is COc1cc(O)cc(OC)c1[C@@H](N)[C@@H](O)C1CCCCC1.Cl. The van der Waals surface area contributed by atoms with Gasteiger partial charge in [-0.1, -0.05) is 19.3 Å². The number of aliphatic hydroxyl groups is 1. The third-order valence-corrected chi connectivity index (χ3v) is 4.36. The lowest BCUT2D eigenvalue weighted by atomic mass is 9.81. The molecule has 1 aromatic rings. The van der Waals surface area contributed by atoms with Gasteiger partial charge in [-0.2, -0.15) is 0 Å². The van der Waals surface area contributed by atoms with Crippen LogP contribution in [0.15, 0.2) is 12.1 Å². The predicted molar refractivity (Wildman–Crippen MR) is 88.0 cm³/mol. The van der Waals surface area contributed by atoms with Crippen LogP contribution < -0.4 is 15.2 Å². The zero-order valence-electron chi connectivity index (χ0n) is 13.1. The summed E-state index contributed by atoms with van der Waals surface area (Å²) in [6.07, 6.45) is 4.86. The molecule has 0 unspecified atom stereocenters. The predicted octanol–water partition coefficient (Wildman–Crippen LogP) is 2.77. The van der Waals surface area contributed by atoms with Crippen molar-refractivity contribution >= 4 is 12.4 Å². The molecule has 2 atom stereocenters. The fraction of sp³-hybridized carbons (Fsp3) is 0.625. The minimum atomic E-state index is -0.641. The zero-order chi connectivity index (χ0) is 15.4. The highest BCUT2D eigenvalue weighted by Crippen LogP contribution is 2.41. The first-order valence-corrected chi connectivity index (χ1v) is 7.47. The molecule has 0 aromatic heterocycles. The first kappa shape index (κ1) is 18.9. The van der Waals surface area contributed by atoms with Gasteiger partial charge in [0.15, 0.2) is 0 Å². The topological polar surface area (TPSA) is 84.9 Å². The van der Waals surface area contributed by atoms with Crippen molar-refractivity contribution in [2.45, 2.75) is 44.2 Å². The number of halogens is 1. The summed E-state index contributed by atoms with van der Waals surface area (Å²) < 4.78 is 10.6. The van der Waals surface area contributed by atoms with Crippen LogP contribution in [-0.2, 0) is 0 Å². The molecule has 6 heteroatoms. The second-order valence-corrected chi connectivity index (χ2v) is 5.68. The maximum absolute atomic E-state index is 10.6. The van der Waals surface area contributed by atoms with Crippen molar-refractivity contribution in [1.82, 2.24) is 0 Å². The van der Waals surface area contributed by atoms with E-state index in [2.05, 4.69) is 0 Å². The standard InChI is InChI=1S/C16H25NO4.ClH/c1-20-12-8-11(18)9-13(21-2)14(12)15(17)16(19)10-6-4-3-5-7-10;/h8-10,15-16,18-19H,3-7,17H2,1-2H3;1H/t15-,16+;/m1./s1. The molecule has 0 spiro atoms. The van der Waals surface area contributed by atoms with Crippen LogP contribution in [0.25, 0.3) is 0 Å². The molecule has 2 rings (SSSR count). The number of nitrogens with two attached hydrogens (primary N) is 1. The summed E-state index contributed by atoms with van der Waals surface area (Å²) in [6.45, 7) is 0. The van der Waals surface area contributed by atoms with Gasteiger partial charge in [-0.3, -0.25) is 0 Å². The Labute approximate surface area is 137 Å². The Morgan fingerprint density at radius 3 is 2.05 bits per heavy atom. The van der Waals surface area contributed by atoms with E-state index in [1.807, 2.05) is 0 Å². The lowest BCUT2D eigenvalue weighted by Gasteiger charge is -2.31. The van der Waals surface area contributed by atoms with Gasteiger partial charge < -0.3 is 25.4 Å². The summed E-state index contributed by atoms with van der Waals surface area (Å²) in [5, 5.41) is 20.3. The average molecular weight is 332 g/mol. The quantitative estimate of drug-likeness (QED) is 0.772. The molecule has 1 aromatic carbocycles. The Hall–Kier alpha value is -1.17. The summed E-state index contributed by atoms with van der Waals surface area (Å²) in [6, 6.07) is 2.38. The fourth-order valence-electron chi connectivity index (χ4n) is 3.19. The van der Waals surface area contributed by atoms with Crippen LogP contribution in [0.4, 0.5) is 0 Å². The number of hydrogen-bond acceptors (Lipinski definition) is 5. The maximum Gasteiger partial charge on any atom is 0.131 e. The van der Waals surface area contributed by atoms with Crippen molar-refractivity contribution < 1.29 is 19.7 Å². The Kier molecular flexibility index (Phi) is 7.26. The van der Waals surface area contributed by atoms with E-state index in [0.29, 0.717) is 17.1 Å². The smallest absolute Gasteiger partial charge is 0.131 e. The normalized spacial score (nSPS) is 18.2. The van der Waals surface area contributed by atoms with E-state index in [9.17, 15) is 10.2 Å². The van der Waals surface area contributed by atoms with E-state index < -0.39 is 12.1 Å². The van der Waals surface area contributed by atoms with E-state index in [0.717, 1.165) is 25.7 Å². The molecule has 1 aliphatic rings. The van der Waals surface area contributed by atoms with Crippen LogP contribution in [0.1, 0.15) is 43.7 Å². The molecular formula is C16H26ClNO4. The Bertz CT molecular complexity index is 452. The summed E-state index contributed by atoms with van der Waals surface area (Å²) in [5.74, 6) is 1.13. The molecule has 4 N–H and O–H groups in total. The minimum Gasteiger partial charge on any atom is -0.508 e. The van der Waals surface area contributed by atoms with Gasteiger partial charge in [-0.15, -0.1) is 12.4 Å². The van der Waals surface area contributed by atoms with Gasteiger partial charge in [0, 0.05) is 12.1 Å². The number of methoxy groups -OCH3 is 2. The Morgan fingerprint density at radius 1 is 1.09 bits per heavy atom. The largest absolute Gasteiger partial charge is 0.508 e. The van der Waals surface area contributed by atoms with Gasteiger partial charge in [0.25, 0.3) is 0 Å². The molecule has 0 amide bonds. The molecule has 1 fully saturated rings. The number of aliphatic hydroxyl groups excluding tert-OH is 1. The molecular weight excluding hydrogens is 306 g/mol. The van der Waals surface area contributed by atoms with Crippen LogP contribution in [0.3, 0.4) is 0 Å². The molecule has 0 radical (unpaired) electrons. The van der Waals surface area contributed by atoms with Crippen LogP contribution in [0.2, 0.25) is 0 Å². The van der Waals surface area contributed by atoms with Gasteiger partial charge in [0.2, 0.25) is 0 Å². The van der Waals surface area contributed by atoms with Crippen molar-refractivity contribution in [3.05, 3.63) is 17.7 Å². The first-order chi connectivity index (χ1) is 10.1. The Morgan fingerprint density at radius 2 is 1.59 bits per heavy atom. The van der Waals surface area contributed by atoms with Gasteiger partial charge in [-0.25, -0.2) is 0 Å². The van der Waals surface area contributed by atoms with Crippen LogP contribution in [0.5, 0.6) is 17.2 Å². The maximum atomic E-state index is 10.6. The molecule has 5 nitrogen and oxygen atoms in total. The highest BCUT2D eigenvalue weighted by Gasteiger charge is 2.31. The van der Waals surface area contributed by atoms with Crippen molar-refractivity contribution in [3.8, 4) is 17.2 Å². The zero-order valence-corrected chi connectivity index (χ0v) is 13.9. The van der Waals surface area contributed by atoms with Crippen LogP contribution >= 0.6 is 12.4 Å². The van der Waals surface area contributed by atoms with Crippen molar-refractivity contribution in [2.24, 2.45) is 11.7 Å². The summed E-state index contributed by atoms with van der Waals surface area (Å²) >= 11 is 0. The number of hydrogen-bond donors (Lipinski definition) is 3. The van der Waals surface area contributed by atoms with Crippen LogP contribution in [0, 0.1) is 5.92 Å². The third-order valence-electron chi connectivity index (χ3n) is 4.36. The monoisotopic (exact) mass is 331 g/mol. The lowest BCUT2D eigenvalue weighted by molar-refractivity contribution is 0.0603. The second kappa shape index (κ2) is 8.46. The number of phenolic OH excluding ortho intramolecular Hbond substituents is 1. The molecule has 1 aliphatic carbocycles. The number of aromatic hydroxyl groups is 1. The Balaban J connectivity index is 0.00000242. The highest BCUT2D eigenvalue weighted by atomic mass is 35.5. The second-order valence-electron chi connectivity index (χ2n) is 5.68. The summed E-state index contributed by atoms with van der Waals surface area (Å²) in [4.78, 5) is 0. The van der Waals surface area contributed by atoms with E-state index >= 15 is 0 Å². The van der Waals surface area contributed by atoms with Gasteiger partial charge in [-0.05, 0) is 18.8 Å². The third kappa shape index (κ3) is 3.97. The van der Waals surface area contributed by atoms with E-state index in [1.165, 1.54) is 32.8 Å². The molecule has 0 aliphatic heterocycles. The number of rotatable bonds is 5. The minimum absolute atomic E-state index is 0. The molecule has 22 heavy (non-hydrogen) atoms. The highest BCUT2D eigenvalue weighted by molar-refractivity contribution is 5.85. The van der Waals surface area contributed by atoms with Crippen LogP contribution in [-0.4, -0.2) is 30.5 Å². The van der Waals surface area contributed by atoms with E-state index in [4.69, 9.17) is 15.2 Å². The molecule has 0 saturated heterocycles. The van der Waals surface area contributed by atoms with E-state index in [-0.39, 0.29) is 24.1 Å². The van der Waals surface area contributed by atoms with Gasteiger partial charge in [0.1, 0.15) is 17.2 Å². The lowest BCUT2D eigenvalue weighted by Crippen LogP contribution is -2.34. The number of ether oxygens (including phenoxy) is 2. The van der Waals surface area contributed by atoms with Gasteiger partial charge >= 0.3 is 0 Å². The van der Waals surface area contributed by atoms with Crippen molar-refractivity contribution in [3.63, 3.8) is 0 Å². The number of benzene rings is 1. The van der Waals surface area contributed by atoms with E-state index in [1.54, 1.807) is 0 Å². The fourth-order valence-corrected chi connectivity index (χ4v) is 3.19. The summed E-state index contributed by atoms with van der Waals surface area (Å²) in [5.41, 5.74) is 6.89. The van der Waals surface area contributed by atoms with Crippen molar-refractivity contribution in [1.29, 1.82) is 0 Å². The van der Waals surface area contributed by atoms with Crippen molar-refractivity contribution in [2.75, 3.05) is 14.2 Å². The number of phenols is 1. The molecule has 0 heterocycles. The molecule has 126 valence electrons. The first-order valence-electron chi connectivity index (χ1n) is 7.47. The van der Waals surface area contributed by atoms with Gasteiger partial charge in [0.05, 0.1) is 31.9 Å². The summed E-state index contributed by atoms with van der Waals surface area (Å²) in [7, 11) is 3.02. The molecule has 1 saturated carbocycles. The average Bonchev–Trinajstić information content (AvgIpc) is 2.53. The molecule has 0 bridgehead atoms.